The molecule has 8 rings (SSSR count). The second kappa shape index (κ2) is 13.1. The number of ether oxygens (including phenoxy) is 2. The first-order valence-electron chi connectivity index (χ1n) is 20.4. The predicted molar refractivity (Wildman–Crippen MR) is 187 cm³/mol. The zero-order chi connectivity index (χ0) is 33.3. The third kappa shape index (κ3) is 5.88. The van der Waals surface area contributed by atoms with Crippen LogP contribution in [0.25, 0.3) is 0 Å². The van der Waals surface area contributed by atoms with Gasteiger partial charge in [0, 0.05) is 57.6 Å². The summed E-state index contributed by atoms with van der Waals surface area (Å²) in [6, 6.07) is 0.214. The van der Waals surface area contributed by atoms with Gasteiger partial charge in [0.1, 0.15) is 6.42 Å². The fraction of sp³-hybridized carbons (Fsp3) is 0.950. The fourth-order valence-corrected chi connectivity index (χ4v) is 13.4. The third-order valence-corrected chi connectivity index (χ3v) is 16.3. The minimum absolute atomic E-state index is 0.00531. The summed E-state index contributed by atoms with van der Waals surface area (Å²) in [5.41, 5.74) is 0.728. The zero-order valence-electron chi connectivity index (χ0n) is 30.7. The molecule has 0 unspecified atom stereocenters. The summed E-state index contributed by atoms with van der Waals surface area (Å²) in [6.45, 7) is 18.9. The van der Waals surface area contributed by atoms with Crippen LogP contribution in [0, 0.1) is 52.3 Å². The highest BCUT2D eigenvalue weighted by molar-refractivity contribution is 5.97. The molecule has 8 aliphatic rings. The Hall–Kier alpha value is -1.22. The van der Waals surface area contributed by atoms with Crippen molar-refractivity contribution in [2.45, 2.75) is 129 Å². The van der Waals surface area contributed by atoms with Crippen LogP contribution in [0.2, 0.25) is 0 Å². The van der Waals surface area contributed by atoms with Crippen LogP contribution in [0.3, 0.4) is 0 Å². The molecule has 1 N–H and O–H groups in total. The molecule has 4 saturated heterocycles. The normalized spacial score (nSPS) is 47.8. The van der Waals surface area contributed by atoms with Crippen LogP contribution < -0.4 is 5.32 Å². The first-order valence-corrected chi connectivity index (χ1v) is 20.4. The van der Waals surface area contributed by atoms with Crippen LogP contribution in [0.4, 0.5) is 0 Å². The Labute approximate surface area is 290 Å². The first kappa shape index (κ1) is 33.9. The molecule has 4 saturated carbocycles. The first-order chi connectivity index (χ1) is 23.1. The Kier molecular flexibility index (Phi) is 9.24. The van der Waals surface area contributed by atoms with Crippen molar-refractivity contribution < 1.29 is 19.1 Å². The lowest BCUT2D eigenvalue weighted by molar-refractivity contribution is -0.273. The average molecular weight is 667 g/mol. The standard InChI is InChI=1S/C40H66N4O4/c1-27-9-14-40(47-26-27)28(2)37-34(48-40)24-33-31-8-7-29-23-30(10-12-38(29,3)32(31)11-13-39(33,37)4)41-35(45)25-36(46)44-21-19-43(20-22-44)18-17-42-15-5-6-16-42/h27-34,37H,5-26H2,1-4H3,(H,41,45)/t27-,28+,29+,30+,31-,32+,33+,34+,37+,38+,39+,40-/m1/s1. The molecular weight excluding hydrogens is 600 g/mol. The van der Waals surface area contributed by atoms with Gasteiger partial charge in [-0.2, -0.15) is 0 Å². The Morgan fingerprint density at radius 1 is 0.792 bits per heavy atom. The lowest BCUT2D eigenvalue weighted by atomic mass is 9.44. The van der Waals surface area contributed by atoms with Crippen molar-refractivity contribution in [2.75, 3.05) is 59.0 Å². The van der Waals surface area contributed by atoms with Crippen molar-refractivity contribution >= 4 is 11.8 Å². The zero-order valence-corrected chi connectivity index (χ0v) is 30.7. The lowest BCUT2D eigenvalue weighted by Crippen LogP contribution is -2.56. The maximum Gasteiger partial charge on any atom is 0.232 e. The van der Waals surface area contributed by atoms with E-state index < -0.39 is 0 Å². The Balaban J connectivity index is 0.820. The molecule has 0 aromatic rings. The highest BCUT2D eigenvalue weighted by Crippen LogP contribution is 2.71. The molecule has 48 heavy (non-hydrogen) atoms. The number of nitrogens with one attached hydrogen (secondary N) is 1. The van der Waals surface area contributed by atoms with E-state index in [0.717, 1.165) is 82.9 Å². The van der Waals surface area contributed by atoms with Crippen LogP contribution >= 0.6 is 0 Å². The summed E-state index contributed by atoms with van der Waals surface area (Å²) in [5, 5.41) is 3.35. The van der Waals surface area contributed by atoms with E-state index in [9.17, 15) is 9.59 Å². The topological polar surface area (TPSA) is 74.3 Å². The van der Waals surface area contributed by atoms with Crippen LogP contribution in [-0.4, -0.2) is 103 Å². The summed E-state index contributed by atoms with van der Waals surface area (Å²) < 4.78 is 13.5. The van der Waals surface area contributed by atoms with E-state index in [1.807, 2.05) is 4.90 Å². The number of rotatable bonds is 6. The van der Waals surface area contributed by atoms with Crippen LogP contribution in [0.1, 0.15) is 111 Å². The predicted octanol–water partition coefficient (Wildman–Crippen LogP) is 5.55. The van der Waals surface area contributed by atoms with Crippen molar-refractivity contribution in [1.29, 1.82) is 0 Å². The monoisotopic (exact) mass is 667 g/mol. The molecule has 0 aromatic carbocycles. The Bertz CT molecular complexity index is 1190. The Morgan fingerprint density at radius 3 is 2.25 bits per heavy atom. The van der Waals surface area contributed by atoms with E-state index in [2.05, 4.69) is 42.8 Å². The van der Waals surface area contributed by atoms with Crippen LogP contribution in [0.15, 0.2) is 0 Å². The number of hydrogen-bond donors (Lipinski definition) is 1. The maximum absolute atomic E-state index is 13.2. The number of likely N-dealkylation sites (tertiary alicyclic amines) is 1. The molecule has 1 spiro atoms. The number of carbonyl (C=O) groups is 2. The number of fused-ring (bicyclic) bond motifs is 7. The minimum Gasteiger partial charge on any atom is -0.353 e. The van der Waals surface area contributed by atoms with Crippen molar-refractivity contribution in [2.24, 2.45) is 52.3 Å². The van der Waals surface area contributed by atoms with E-state index >= 15 is 0 Å². The van der Waals surface area contributed by atoms with Crippen molar-refractivity contribution in [3.8, 4) is 0 Å². The van der Waals surface area contributed by atoms with E-state index in [0.29, 0.717) is 40.6 Å². The smallest absolute Gasteiger partial charge is 0.232 e. The number of amides is 2. The molecule has 0 radical (unpaired) electrons. The van der Waals surface area contributed by atoms with Crippen LogP contribution in [0.5, 0.6) is 0 Å². The largest absolute Gasteiger partial charge is 0.353 e. The second-order valence-electron chi connectivity index (χ2n) is 18.7. The summed E-state index contributed by atoms with van der Waals surface area (Å²) in [6.07, 6.45) is 15.2. The third-order valence-electron chi connectivity index (χ3n) is 16.3. The van der Waals surface area contributed by atoms with Gasteiger partial charge in [0.15, 0.2) is 5.79 Å². The van der Waals surface area contributed by atoms with Gasteiger partial charge in [-0.1, -0.05) is 27.7 Å². The highest BCUT2D eigenvalue weighted by atomic mass is 16.7. The number of hydrogen-bond acceptors (Lipinski definition) is 6. The molecule has 4 aliphatic heterocycles. The van der Waals surface area contributed by atoms with Gasteiger partial charge in [0.05, 0.1) is 12.7 Å². The van der Waals surface area contributed by atoms with Gasteiger partial charge in [-0.25, -0.2) is 0 Å². The molecule has 2 amide bonds. The molecule has 0 bridgehead atoms. The SMILES string of the molecule is C[C@@H]1CC[C@@]2(OC1)O[C@H]1C[C@H]3[C@@H]4CC[C@H]5C[C@@H](NC(=O)CC(=O)N6CCN(CCN7CCCC7)CC6)CC[C@]5(C)[C@H]4CC[C@]3(C)[C@H]1[C@@H]2C. The van der Waals surface area contributed by atoms with E-state index in [1.165, 1.54) is 70.9 Å². The van der Waals surface area contributed by atoms with Gasteiger partial charge in [0.25, 0.3) is 0 Å². The molecule has 0 aromatic heterocycles. The summed E-state index contributed by atoms with van der Waals surface area (Å²) in [5.74, 6) is 4.40. The van der Waals surface area contributed by atoms with Gasteiger partial charge in [0.2, 0.25) is 11.8 Å². The highest BCUT2D eigenvalue weighted by Gasteiger charge is 2.69. The average Bonchev–Trinajstić information content (AvgIpc) is 3.77. The van der Waals surface area contributed by atoms with Gasteiger partial charge in [-0.05, 0) is 130 Å². The van der Waals surface area contributed by atoms with Gasteiger partial charge >= 0.3 is 0 Å². The molecule has 12 atom stereocenters. The molecule has 4 aliphatic carbocycles. The fourth-order valence-electron chi connectivity index (χ4n) is 13.4. The van der Waals surface area contributed by atoms with Crippen molar-refractivity contribution in [3.63, 3.8) is 0 Å². The maximum atomic E-state index is 13.2. The quantitative estimate of drug-likeness (QED) is 0.375. The molecule has 270 valence electrons. The van der Waals surface area contributed by atoms with Crippen molar-refractivity contribution in [3.05, 3.63) is 0 Å². The molecule has 4 heterocycles. The number of piperazine rings is 1. The van der Waals surface area contributed by atoms with Gasteiger partial charge in [-0.15, -0.1) is 0 Å². The van der Waals surface area contributed by atoms with Gasteiger partial charge < -0.3 is 24.6 Å². The van der Waals surface area contributed by atoms with E-state index in [1.54, 1.807) is 0 Å². The molecule has 8 nitrogen and oxygen atoms in total. The molecule has 8 heteroatoms. The van der Waals surface area contributed by atoms with Crippen LogP contribution in [-0.2, 0) is 19.1 Å². The van der Waals surface area contributed by atoms with Crippen molar-refractivity contribution in [1.82, 2.24) is 20.0 Å². The minimum atomic E-state index is -0.328. The molecule has 8 fully saturated rings. The number of nitrogens with zero attached hydrogens (tertiary/aromatic N) is 3. The number of carbonyl (C=O) groups excluding carboxylic acids is 2. The summed E-state index contributed by atoms with van der Waals surface area (Å²) in [4.78, 5) is 33.2. The van der Waals surface area contributed by atoms with E-state index in [-0.39, 0.29) is 30.1 Å². The summed E-state index contributed by atoms with van der Waals surface area (Å²) >= 11 is 0. The molecular formula is C40H66N4O4. The van der Waals surface area contributed by atoms with Gasteiger partial charge in [-0.3, -0.25) is 14.5 Å². The Morgan fingerprint density at radius 2 is 1.52 bits per heavy atom. The lowest BCUT2D eigenvalue weighted by Gasteiger charge is -2.61. The second-order valence-corrected chi connectivity index (χ2v) is 18.7. The summed E-state index contributed by atoms with van der Waals surface area (Å²) in [7, 11) is 0. The van der Waals surface area contributed by atoms with E-state index in [4.69, 9.17) is 9.47 Å².